The lowest BCUT2D eigenvalue weighted by atomic mass is 10.1. The van der Waals surface area contributed by atoms with Gasteiger partial charge in [0.05, 0.1) is 21.9 Å². The third-order valence-electron chi connectivity index (χ3n) is 2.50. The first-order chi connectivity index (χ1) is 9.32. The van der Waals surface area contributed by atoms with Gasteiger partial charge in [-0.1, -0.05) is 35.8 Å². The minimum Gasteiger partial charge on any atom is -0.264 e. The zero-order valence-electron chi connectivity index (χ0n) is 12.2. The summed E-state index contributed by atoms with van der Waals surface area (Å²) in [5.74, 6) is 0. The van der Waals surface area contributed by atoms with Gasteiger partial charge in [-0.05, 0) is 45.4 Å². The van der Waals surface area contributed by atoms with E-state index < -0.39 is 0 Å². The molecule has 1 rings (SSSR count). The predicted octanol–water partition coefficient (Wildman–Crippen LogP) is 5.70. The molecule has 0 amide bonds. The average Bonchev–Trinajstić information content (AvgIpc) is 2.33. The minimum absolute atomic E-state index is 0.579. The van der Waals surface area contributed by atoms with Crippen LogP contribution in [0, 0.1) is 0 Å². The van der Waals surface area contributed by atoms with Gasteiger partial charge in [-0.3, -0.25) is 9.98 Å². The number of benzene rings is 1. The second-order valence-electron chi connectivity index (χ2n) is 4.66. The predicted molar refractivity (Wildman–Crippen MR) is 90.4 cm³/mol. The van der Waals surface area contributed by atoms with E-state index in [4.69, 9.17) is 23.2 Å². The number of halogens is 2. The van der Waals surface area contributed by atoms with E-state index in [1.165, 1.54) is 0 Å². The largest absolute Gasteiger partial charge is 0.264 e. The van der Waals surface area contributed by atoms with E-state index in [9.17, 15) is 0 Å². The molecule has 1 aromatic rings. The Hall–Kier alpha value is -1.38. The number of nitrogens with zero attached hydrogens (tertiary/aromatic N) is 2. The summed E-state index contributed by atoms with van der Waals surface area (Å²) in [6.45, 7) is 11.5. The van der Waals surface area contributed by atoms with Crippen molar-refractivity contribution in [3.63, 3.8) is 0 Å². The van der Waals surface area contributed by atoms with Gasteiger partial charge in [-0.2, -0.15) is 0 Å². The summed E-state index contributed by atoms with van der Waals surface area (Å²) in [6.07, 6.45) is 1.70. The van der Waals surface area contributed by atoms with Crippen molar-refractivity contribution in [2.75, 3.05) is 0 Å². The first-order valence-electron chi connectivity index (χ1n) is 6.19. The van der Waals surface area contributed by atoms with Gasteiger partial charge in [0.1, 0.15) is 0 Å². The molecular formula is C16H18Cl2N2. The van der Waals surface area contributed by atoms with Crippen molar-refractivity contribution in [2.24, 2.45) is 9.98 Å². The summed E-state index contributed by atoms with van der Waals surface area (Å²) in [5.41, 5.74) is 3.96. The van der Waals surface area contributed by atoms with E-state index in [1.807, 2.05) is 33.8 Å². The van der Waals surface area contributed by atoms with Crippen LogP contribution in [0.15, 0.2) is 52.2 Å². The van der Waals surface area contributed by atoms with Crippen LogP contribution in [0.3, 0.4) is 0 Å². The summed E-state index contributed by atoms with van der Waals surface area (Å²) in [7, 11) is 0. The molecular weight excluding hydrogens is 291 g/mol. The Morgan fingerprint density at radius 2 is 1.65 bits per heavy atom. The molecule has 0 aliphatic heterocycles. The quantitative estimate of drug-likeness (QED) is 0.503. The van der Waals surface area contributed by atoms with Crippen LogP contribution in [0.1, 0.15) is 33.3 Å². The Morgan fingerprint density at radius 1 is 1.10 bits per heavy atom. The van der Waals surface area contributed by atoms with E-state index in [1.54, 1.807) is 18.3 Å². The SMILES string of the molecule is C=C(C)/C(=C\N=C(C)C)N=C(C)c1c(Cl)cccc1Cl. The van der Waals surface area contributed by atoms with Gasteiger partial charge >= 0.3 is 0 Å². The van der Waals surface area contributed by atoms with Crippen LogP contribution in [0.4, 0.5) is 0 Å². The van der Waals surface area contributed by atoms with Crippen molar-refractivity contribution in [1.29, 1.82) is 0 Å². The first kappa shape index (κ1) is 16.7. The molecule has 0 saturated heterocycles. The molecule has 1 aromatic carbocycles. The standard InChI is InChI=1S/C16H18Cl2N2/c1-10(2)15(9-19-11(3)4)20-12(5)16-13(17)7-6-8-14(16)18/h6-9H,1H2,2-5H3/b15-9+,20-12?. The molecule has 0 spiro atoms. The van der Waals surface area contributed by atoms with Crippen LogP contribution in [0.2, 0.25) is 10.0 Å². The molecule has 0 radical (unpaired) electrons. The smallest absolute Gasteiger partial charge is 0.0838 e. The lowest BCUT2D eigenvalue weighted by molar-refractivity contribution is 1.25. The molecule has 0 aliphatic carbocycles. The molecule has 20 heavy (non-hydrogen) atoms. The van der Waals surface area contributed by atoms with Crippen molar-refractivity contribution in [3.05, 3.63) is 57.9 Å². The van der Waals surface area contributed by atoms with Crippen LogP contribution in [-0.2, 0) is 0 Å². The maximum Gasteiger partial charge on any atom is 0.0838 e. The second kappa shape index (κ2) is 7.41. The number of aliphatic imine (C=N–C) groups is 2. The number of allylic oxidation sites excluding steroid dienone is 1. The van der Waals surface area contributed by atoms with Gasteiger partial charge in [0.15, 0.2) is 0 Å². The van der Waals surface area contributed by atoms with Gasteiger partial charge in [0.25, 0.3) is 0 Å². The summed E-state index contributed by atoms with van der Waals surface area (Å²) >= 11 is 12.4. The molecule has 0 saturated carbocycles. The summed E-state index contributed by atoms with van der Waals surface area (Å²) in [6, 6.07) is 5.39. The Bertz CT molecular complexity index is 587. The van der Waals surface area contributed by atoms with Gasteiger partial charge in [-0.15, -0.1) is 0 Å². The van der Waals surface area contributed by atoms with Crippen molar-refractivity contribution < 1.29 is 0 Å². The summed E-state index contributed by atoms with van der Waals surface area (Å²) in [5, 5.41) is 1.16. The van der Waals surface area contributed by atoms with Crippen molar-refractivity contribution >= 4 is 34.6 Å². The van der Waals surface area contributed by atoms with Crippen molar-refractivity contribution in [2.45, 2.75) is 27.7 Å². The highest BCUT2D eigenvalue weighted by atomic mass is 35.5. The maximum absolute atomic E-state index is 6.18. The fourth-order valence-electron chi connectivity index (χ4n) is 1.50. The summed E-state index contributed by atoms with van der Waals surface area (Å²) in [4.78, 5) is 8.80. The van der Waals surface area contributed by atoms with E-state index >= 15 is 0 Å². The third-order valence-corrected chi connectivity index (χ3v) is 3.12. The molecule has 0 N–H and O–H groups in total. The van der Waals surface area contributed by atoms with E-state index in [2.05, 4.69) is 16.6 Å². The van der Waals surface area contributed by atoms with Crippen LogP contribution >= 0.6 is 23.2 Å². The van der Waals surface area contributed by atoms with Crippen LogP contribution in [-0.4, -0.2) is 11.4 Å². The summed E-state index contributed by atoms with van der Waals surface area (Å²) < 4.78 is 0. The molecule has 106 valence electrons. The van der Waals surface area contributed by atoms with Crippen LogP contribution in [0.5, 0.6) is 0 Å². The topological polar surface area (TPSA) is 24.7 Å². The van der Waals surface area contributed by atoms with Crippen LogP contribution < -0.4 is 0 Å². The minimum atomic E-state index is 0.579. The van der Waals surface area contributed by atoms with Crippen molar-refractivity contribution in [1.82, 2.24) is 0 Å². The maximum atomic E-state index is 6.18. The second-order valence-corrected chi connectivity index (χ2v) is 5.48. The third kappa shape index (κ3) is 4.62. The van der Waals surface area contributed by atoms with Gasteiger partial charge in [-0.25, -0.2) is 0 Å². The number of hydrogen-bond acceptors (Lipinski definition) is 2. The highest BCUT2D eigenvalue weighted by molar-refractivity contribution is 6.40. The molecule has 0 aliphatic rings. The lowest BCUT2D eigenvalue weighted by Gasteiger charge is -2.08. The zero-order valence-corrected chi connectivity index (χ0v) is 13.7. The first-order valence-corrected chi connectivity index (χ1v) is 6.95. The molecule has 4 heteroatoms. The lowest BCUT2D eigenvalue weighted by Crippen LogP contribution is -1.99. The van der Waals surface area contributed by atoms with Gasteiger partial charge < -0.3 is 0 Å². The molecule has 0 aromatic heterocycles. The Morgan fingerprint density at radius 3 is 2.10 bits per heavy atom. The molecule has 0 fully saturated rings. The molecule has 0 bridgehead atoms. The Labute approximate surface area is 130 Å². The fraction of sp³-hybridized carbons (Fsp3) is 0.250. The highest BCUT2D eigenvalue weighted by Crippen LogP contribution is 2.26. The van der Waals surface area contributed by atoms with Crippen molar-refractivity contribution in [3.8, 4) is 0 Å². The molecule has 0 atom stereocenters. The van der Waals surface area contributed by atoms with Gasteiger partial charge in [0, 0.05) is 17.0 Å². The molecule has 2 nitrogen and oxygen atoms in total. The molecule has 0 unspecified atom stereocenters. The average molecular weight is 309 g/mol. The van der Waals surface area contributed by atoms with E-state index in [0.29, 0.717) is 15.7 Å². The molecule has 0 heterocycles. The Balaban J connectivity index is 3.29. The van der Waals surface area contributed by atoms with E-state index in [-0.39, 0.29) is 0 Å². The monoisotopic (exact) mass is 308 g/mol. The fourth-order valence-corrected chi connectivity index (χ4v) is 2.18. The zero-order chi connectivity index (χ0) is 15.3. The number of hydrogen-bond donors (Lipinski definition) is 0. The Kier molecular flexibility index (Phi) is 6.18. The van der Waals surface area contributed by atoms with E-state index in [0.717, 1.165) is 22.6 Å². The number of rotatable bonds is 4. The highest BCUT2D eigenvalue weighted by Gasteiger charge is 2.09. The normalized spacial score (nSPS) is 12.3. The van der Waals surface area contributed by atoms with Crippen LogP contribution in [0.25, 0.3) is 0 Å². The van der Waals surface area contributed by atoms with Gasteiger partial charge in [0.2, 0.25) is 0 Å².